The summed E-state index contributed by atoms with van der Waals surface area (Å²) in [6.07, 6.45) is 0. The van der Waals surface area contributed by atoms with Crippen LogP contribution >= 0.6 is 0 Å². The molecular weight excluding hydrogens is 357 g/mol. The molecule has 0 saturated heterocycles. The molecule has 0 aliphatic heterocycles. The van der Waals surface area contributed by atoms with Crippen LogP contribution in [0.3, 0.4) is 0 Å². The highest BCUT2D eigenvalue weighted by molar-refractivity contribution is 6.00. The van der Waals surface area contributed by atoms with E-state index in [0.717, 1.165) is 5.56 Å². The predicted octanol–water partition coefficient (Wildman–Crippen LogP) is 3.79. The van der Waals surface area contributed by atoms with Gasteiger partial charge in [-0.1, -0.05) is 17.3 Å². The molecule has 0 saturated carbocycles. The SMILES string of the molecule is COC(=O)c1c(NCc2ccc(F)cc2)noc1-c1ccc([N+](=O)[O-])cc1. The summed E-state index contributed by atoms with van der Waals surface area (Å²) in [6.45, 7) is 0.274. The Morgan fingerprint density at radius 1 is 1.22 bits per heavy atom. The molecule has 3 rings (SSSR count). The van der Waals surface area contributed by atoms with Crippen molar-refractivity contribution in [2.45, 2.75) is 6.54 Å². The molecule has 0 radical (unpaired) electrons. The second kappa shape index (κ2) is 7.65. The summed E-state index contributed by atoms with van der Waals surface area (Å²) in [4.78, 5) is 22.5. The topological polar surface area (TPSA) is 108 Å². The molecule has 0 amide bonds. The lowest BCUT2D eigenvalue weighted by Crippen LogP contribution is -2.08. The fourth-order valence-corrected chi connectivity index (χ4v) is 2.42. The molecule has 0 atom stereocenters. The number of carbonyl (C=O) groups is 1. The van der Waals surface area contributed by atoms with Crippen molar-refractivity contribution in [1.82, 2.24) is 5.16 Å². The number of esters is 1. The van der Waals surface area contributed by atoms with Crippen LogP contribution in [0.4, 0.5) is 15.9 Å². The van der Waals surface area contributed by atoms with E-state index >= 15 is 0 Å². The highest BCUT2D eigenvalue weighted by atomic mass is 19.1. The minimum Gasteiger partial charge on any atom is -0.465 e. The number of ether oxygens (including phenoxy) is 1. The first kappa shape index (κ1) is 18.1. The molecule has 1 N–H and O–H groups in total. The molecule has 0 bridgehead atoms. The van der Waals surface area contributed by atoms with Crippen LogP contribution < -0.4 is 5.32 Å². The van der Waals surface area contributed by atoms with E-state index in [2.05, 4.69) is 10.5 Å². The number of anilines is 1. The molecule has 1 heterocycles. The molecule has 2 aromatic carbocycles. The zero-order valence-corrected chi connectivity index (χ0v) is 14.1. The van der Waals surface area contributed by atoms with Gasteiger partial charge in [-0.3, -0.25) is 10.1 Å². The van der Waals surface area contributed by atoms with E-state index in [4.69, 9.17) is 9.26 Å². The van der Waals surface area contributed by atoms with Crippen LogP contribution in [0.15, 0.2) is 53.1 Å². The summed E-state index contributed by atoms with van der Waals surface area (Å²) in [5, 5.41) is 17.6. The van der Waals surface area contributed by atoms with Crippen molar-refractivity contribution in [3.05, 3.63) is 75.6 Å². The van der Waals surface area contributed by atoms with E-state index in [1.54, 1.807) is 12.1 Å². The zero-order valence-electron chi connectivity index (χ0n) is 14.1. The zero-order chi connectivity index (χ0) is 19.4. The summed E-state index contributed by atoms with van der Waals surface area (Å²) in [5.74, 6) is -0.750. The Bertz CT molecular complexity index is 968. The lowest BCUT2D eigenvalue weighted by atomic mass is 10.1. The number of carbonyl (C=O) groups excluding carboxylic acids is 1. The Balaban J connectivity index is 1.90. The number of methoxy groups -OCH3 is 1. The molecule has 0 fully saturated rings. The normalized spacial score (nSPS) is 10.4. The molecule has 27 heavy (non-hydrogen) atoms. The molecule has 0 spiro atoms. The highest BCUT2D eigenvalue weighted by Crippen LogP contribution is 2.31. The van der Waals surface area contributed by atoms with E-state index < -0.39 is 10.9 Å². The average molecular weight is 371 g/mol. The van der Waals surface area contributed by atoms with Gasteiger partial charge in [0.2, 0.25) is 0 Å². The molecule has 1 aromatic heterocycles. The summed E-state index contributed by atoms with van der Waals surface area (Å²) < 4.78 is 23.0. The van der Waals surface area contributed by atoms with Crippen molar-refractivity contribution in [2.75, 3.05) is 12.4 Å². The standard InChI is InChI=1S/C18H14FN3O5/c1-26-18(23)15-16(12-4-8-14(9-5-12)22(24)25)27-21-17(15)20-10-11-2-6-13(19)7-3-11/h2-9H,10H2,1H3,(H,20,21). The van der Waals surface area contributed by atoms with E-state index in [1.165, 1.54) is 43.5 Å². The number of nitrogens with one attached hydrogen (secondary N) is 1. The lowest BCUT2D eigenvalue weighted by molar-refractivity contribution is -0.384. The van der Waals surface area contributed by atoms with Crippen LogP contribution in [0.1, 0.15) is 15.9 Å². The summed E-state index contributed by atoms with van der Waals surface area (Å²) >= 11 is 0. The van der Waals surface area contributed by atoms with Crippen molar-refractivity contribution in [3.8, 4) is 11.3 Å². The molecule has 3 aromatic rings. The van der Waals surface area contributed by atoms with Crippen LogP contribution in [0.25, 0.3) is 11.3 Å². The molecule has 9 heteroatoms. The summed E-state index contributed by atoms with van der Waals surface area (Å²) in [7, 11) is 1.22. The Kier molecular flexibility index (Phi) is 5.11. The van der Waals surface area contributed by atoms with Crippen LogP contribution in [-0.4, -0.2) is 23.2 Å². The predicted molar refractivity (Wildman–Crippen MR) is 93.7 cm³/mol. The first-order chi connectivity index (χ1) is 13.0. The maximum Gasteiger partial charge on any atom is 0.345 e. The number of nitro groups is 1. The quantitative estimate of drug-likeness (QED) is 0.399. The van der Waals surface area contributed by atoms with Gasteiger partial charge >= 0.3 is 5.97 Å². The van der Waals surface area contributed by atoms with Crippen LogP contribution in [0.2, 0.25) is 0 Å². The van der Waals surface area contributed by atoms with Gasteiger partial charge in [0.15, 0.2) is 17.1 Å². The van der Waals surface area contributed by atoms with Gasteiger partial charge in [0.25, 0.3) is 5.69 Å². The Labute approximate surface area is 152 Å². The number of hydrogen-bond donors (Lipinski definition) is 1. The maximum atomic E-state index is 13.0. The Hall–Kier alpha value is -3.75. The van der Waals surface area contributed by atoms with Gasteiger partial charge < -0.3 is 14.6 Å². The molecule has 0 aliphatic rings. The van der Waals surface area contributed by atoms with E-state index in [-0.39, 0.29) is 35.2 Å². The third kappa shape index (κ3) is 3.92. The summed E-state index contributed by atoms with van der Waals surface area (Å²) in [5.41, 5.74) is 1.18. The number of hydrogen-bond acceptors (Lipinski definition) is 7. The van der Waals surface area contributed by atoms with Gasteiger partial charge in [-0.05, 0) is 29.8 Å². The molecule has 0 aliphatic carbocycles. The lowest BCUT2D eigenvalue weighted by Gasteiger charge is -2.06. The first-order valence-corrected chi connectivity index (χ1v) is 7.80. The number of nitro benzene ring substituents is 1. The molecule has 138 valence electrons. The third-order valence-corrected chi connectivity index (χ3v) is 3.80. The minimum atomic E-state index is -0.675. The average Bonchev–Trinajstić information content (AvgIpc) is 3.11. The van der Waals surface area contributed by atoms with Gasteiger partial charge in [0, 0.05) is 24.2 Å². The van der Waals surface area contributed by atoms with Gasteiger partial charge in [-0.2, -0.15) is 0 Å². The summed E-state index contributed by atoms with van der Waals surface area (Å²) in [6, 6.07) is 11.3. The number of aromatic nitrogens is 1. The highest BCUT2D eigenvalue weighted by Gasteiger charge is 2.25. The van der Waals surface area contributed by atoms with Gasteiger partial charge in [-0.15, -0.1) is 0 Å². The van der Waals surface area contributed by atoms with Crippen molar-refractivity contribution < 1.29 is 23.4 Å². The smallest absolute Gasteiger partial charge is 0.345 e. The maximum absolute atomic E-state index is 13.0. The Morgan fingerprint density at radius 3 is 2.48 bits per heavy atom. The number of nitrogens with zero attached hydrogens (tertiary/aromatic N) is 2. The number of rotatable bonds is 6. The van der Waals surface area contributed by atoms with E-state index in [0.29, 0.717) is 5.56 Å². The van der Waals surface area contributed by atoms with Gasteiger partial charge in [0.05, 0.1) is 12.0 Å². The van der Waals surface area contributed by atoms with Crippen LogP contribution in [0.5, 0.6) is 0 Å². The second-order valence-electron chi connectivity index (χ2n) is 5.51. The van der Waals surface area contributed by atoms with E-state index in [9.17, 15) is 19.3 Å². The number of non-ortho nitro benzene ring substituents is 1. The Morgan fingerprint density at radius 2 is 1.89 bits per heavy atom. The van der Waals surface area contributed by atoms with Crippen LogP contribution in [0, 0.1) is 15.9 Å². The van der Waals surface area contributed by atoms with Gasteiger partial charge in [0.1, 0.15) is 5.82 Å². The number of halogens is 1. The monoisotopic (exact) mass is 371 g/mol. The van der Waals surface area contributed by atoms with Gasteiger partial charge in [-0.25, -0.2) is 9.18 Å². The third-order valence-electron chi connectivity index (χ3n) is 3.80. The van der Waals surface area contributed by atoms with Crippen molar-refractivity contribution in [1.29, 1.82) is 0 Å². The molecular formula is C18H14FN3O5. The molecule has 8 nitrogen and oxygen atoms in total. The second-order valence-corrected chi connectivity index (χ2v) is 5.51. The number of benzene rings is 2. The van der Waals surface area contributed by atoms with Crippen LogP contribution in [-0.2, 0) is 11.3 Å². The van der Waals surface area contributed by atoms with Crippen molar-refractivity contribution >= 4 is 17.5 Å². The minimum absolute atomic E-state index is 0.0634. The van der Waals surface area contributed by atoms with Crippen molar-refractivity contribution in [3.63, 3.8) is 0 Å². The van der Waals surface area contributed by atoms with E-state index in [1.807, 2.05) is 0 Å². The first-order valence-electron chi connectivity index (χ1n) is 7.80. The fraction of sp³-hybridized carbons (Fsp3) is 0.111. The fourth-order valence-electron chi connectivity index (χ4n) is 2.42. The van der Waals surface area contributed by atoms with Crippen molar-refractivity contribution in [2.24, 2.45) is 0 Å². The largest absolute Gasteiger partial charge is 0.465 e. The molecule has 0 unspecified atom stereocenters.